The molecule has 3 rings (SSSR count). The number of carbonyl (C=O) groups excluding carboxylic acids is 1. The highest BCUT2D eigenvalue weighted by molar-refractivity contribution is 7.90. The Balaban J connectivity index is 1.71. The second-order valence-electron chi connectivity index (χ2n) is 6.21. The van der Waals surface area contributed by atoms with Crippen molar-refractivity contribution in [3.63, 3.8) is 0 Å². The lowest BCUT2D eigenvalue weighted by atomic mass is 10.0. The van der Waals surface area contributed by atoms with E-state index in [0.29, 0.717) is 5.56 Å². The highest BCUT2D eigenvalue weighted by atomic mass is 32.2. The van der Waals surface area contributed by atoms with Crippen LogP contribution in [0.4, 0.5) is 0 Å². The molecule has 2 N–H and O–H groups in total. The topological polar surface area (TPSA) is 87.6 Å². The summed E-state index contributed by atoms with van der Waals surface area (Å²) in [6.07, 6.45) is 0.751. The average Bonchev–Trinajstić information content (AvgIpc) is 2.90. The van der Waals surface area contributed by atoms with Crippen LogP contribution in [-0.4, -0.2) is 26.7 Å². The summed E-state index contributed by atoms with van der Waals surface area (Å²) in [6.45, 7) is 3.87. The number of aliphatic imine (C=N–C) groups is 1. The molecule has 2 aromatic rings. The number of nitrogens with one attached hydrogen (secondary N) is 2. The van der Waals surface area contributed by atoms with Crippen LogP contribution in [0.25, 0.3) is 0 Å². The number of rotatable bonds is 5. The summed E-state index contributed by atoms with van der Waals surface area (Å²) in [6, 6.07) is 14.5. The van der Waals surface area contributed by atoms with Gasteiger partial charge in [0, 0.05) is 5.56 Å². The van der Waals surface area contributed by atoms with Crippen molar-refractivity contribution >= 4 is 21.8 Å². The Labute approximate surface area is 153 Å². The lowest BCUT2D eigenvalue weighted by molar-refractivity contribution is -0.120. The molecule has 0 bridgehead atoms. The van der Waals surface area contributed by atoms with E-state index < -0.39 is 10.0 Å². The molecule has 26 heavy (non-hydrogen) atoms. The molecular formula is C19H21N3O3S. The van der Waals surface area contributed by atoms with Gasteiger partial charge in [-0.2, -0.15) is 0 Å². The van der Waals surface area contributed by atoms with Crippen molar-refractivity contribution in [2.45, 2.75) is 31.2 Å². The van der Waals surface area contributed by atoms with Crippen molar-refractivity contribution in [3.8, 4) is 0 Å². The molecule has 1 amide bonds. The fraction of sp³-hybridized carbons (Fsp3) is 0.263. The van der Waals surface area contributed by atoms with Gasteiger partial charge in [-0.05, 0) is 31.0 Å². The SMILES string of the molecule is CCC(NC(=O)CN=C1NS(=O)(=O)c2ccccc21)c1ccc(C)cc1. The Bertz CT molecular complexity index is 950. The first-order valence-corrected chi connectivity index (χ1v) is 9.91. The summed E-state index contributed by atoms with van der Waals surface area (Å²) < 4.78 is 26.5. The summed E-state index contributed by atoms with van der Waals surface area (Å²) in [7, 11) is -3.59. The Morgan fingerprint density at radius 1 is 1.15 bits per heavy atom. The molecule has 0 aliphatic carbocycles. The van der Waals surface area contributed by atoms with Crippen LogP contribution in [0.15, 0.2) is 58.4 Å². The van der Waals surface area contributed by atoms with E-state index in [1.54, 1.807) is 18.2 Å². The Kier molecular flexibility index (Phi) is 5.08. The molecule has 1 heterocycles. The van der Waals surface area contributed by atoms with E-state index in [0.717, 1.165) is 17.5 Å². The van der Waals surface area contributed by atoms with E-state index in [-0.39, 0.29) is 29.2 Å². The third-order valence-corrected chi connectivity index (χ3v) is 5.66. The summed E-state index contributed by atoms with van der Waals surface area (Å²) in [5.41, 5.74) is 2.69. The van der Waals surface area contributed by atoms with E-state index >= 15 is 0 Å². The summed E-state index contributed by atoms with van der Waals surface area (Å²) in [5, 5.41) is 2.95. The Hall–Kier alpha value is -2.67. The zero-order chi connectivity index (χ0) is 18.7. The molecule has 1 unspecified atom stereocenters. The first-order chi connectivity index (χ1) is 12.4. The Morgan fingerprint density at radius 3 is 2.54 bits per heavy atom. The van der Waals surface area contributed by atoms with Gasteiger partial charge in [0.25, 0.3) is 10.0 Å². The molecule has 0 radical (unpaired) electrons. The minimum atomic E-state index is -3.59. The number of sulfonamides is 1. The van der Waals surface area contributed by atoms with Crippen LogP contribution in [0.5, 0.6) is 0 Å². The third-order valence-electron chi connectivity index (χ3n) is 4.27. The fourth-order valence-electron chi connectivity index (χ4n) is 2.86. The van der Waals surface area contributed by atoms with Gasteiger partial charge in [-0.1, -0.05) is 48.9 Å². The van der Waals surface area contributed by atoms with Crippen molar-refractivity contribution in [2.75, 3.05) is 6.54 Å². The van der Waals surface area contributed by atoms with Crippen LogP contribution in [0.2, 0.25) is 0 Å². The molecule has 1 atom stereocenters. The minimum Gasteiger partial charge on any atom is -0.348 e. The lowest BCUT2D eigenvalue weighted by Gasteiger charge is -2.17. The van der Waals surface area contributed by atoms with Gasteiger partial charge in [0.05, 0.1) is 10.9 Å². The summed E-state index contributed by atoms with van der Waals surface area (Å²) in [5.74, 6) is -0.0485. The molecule has 0 saturated carbocycles. The highest BCUT2D eigenvalue weighted by Gasteiger charge is 2.30. The monoisotopic (exact) mass is 371 g/mol. The molecule has 0 fully saturated rings. The molecule has 0 spiro atoms. The van der Waals surface area contributed by atoms with Gasteiger partial charge in [-0.15, -0.1) is 0 Å². The van der Waals surface area contributed by atoms with Crippen molar-refractivity contribution in [2.24, 2.45) is 4.99 Å². The van der Waals surface area contributed by atoms with Crippen LogP contribution < -0.4 is 10.0 Å². The largest absolute Gasteiger partial charge is 0.348 e. The normalized spacial score (nSPS) is 17.4. The predicted octanol–water partition coefficient (Wildman–Crippen LogP) is 2.30. The van der Waals surface area contributed by atoms with E-state index in [1.807, 2.05) is 38.1 Å². The van der Waals surface area contributed by atoms with Crippen LogP contribution >= 0.6 is 0 Å². The fourth-order valence-corrected chi connectivity index (χ4v) is 4.11. The molecule has 136 valence electrons. The molecule has 6 nitrogen and oxygen atoms in total. The second-order valence-corrected chi connectivity index (χ2v) is 7.86. The maximum Gasteiger partial charge on any atom is 0.263 e. The van der Waals surface area contributed by atoms with Gasteiger partial charge in [-0.3, -0.25) is 14.5 Å². The van der Waals surface area contributed by atoms with E-state index in [1.165, 1.54) is 6.07 Å². The van der Waals surface area contributed by atoms with E-state index in [2.05, 4.69) is 15.0 Å². The zero-order valence-electron chi connectivity index (χ0n) is 14.7. The summed E-state index contributed by atoms with van der Waals surface area (Å²) in [4.78, 5) is 16.6. The Morgan fingerprint density at radius 2 is 1.85 bits per heavy atom. The summed E-state index contributed by atoms with van der Waals surface area (Å²) >= 11 is 0. The third kappa shape index (κ3) is 3.77. The predicted molar refractivity (Wildman–Crippen MR) is 101 cm³/mol. The number of amides is 1. The number of amidine groups is 1. The van der Waals surface area contributed by atoms with Crippen molar-refractivity contribution < 1.29 is 13.2 Å². The number of nitrogens with zero attached hydrogens (tertiary/aromatic N) is 1. The van der Waals surface area contributed by atoms with Crippen LogP contribution in [0.3, 0.4) is 0 Å². The second kappa shape index (κ2) is 7.29. The van der Waals surface area contributed by atoms with E-state index in [9.17, 15) is 13.2 Å². The van der Waals surface area contributed by atoms with Crippen molar-refractivity contribution in [1.82, 2.24) is 10.0 Å². The average molecular weight is 371 g/mol. The maximum atomic E-state index is 12.3. The number of benzene rings is 2. The zero-order valence-corrected chi connectivity index (χ0v) is 15.5. The van der Waals surface area contributed by atoms with Crippen LogP contribution in [0, 0.1) is 6.92 Å². The first-order valence-electron chi connectivity index (χ1n) is 8.43. The van der Waals surface area contributed by atoms with E-state index in [4.69, 9.17) is 0 Å². The van der Waals surface area contributed by atoms with Crippen molar-refractivity contribution in [1.29, 1.82) is 0 Å². The number of carbonyl (C=O) groups is 1. The van der Waals surface area contributed by atoms with Gasteiger partial charge >= 0.3 is 0 Å². The van der Waals surface area contributed by atoms with Gasteiger partial charge in [0.15, 0.2) is 0 Å². The molecule has 0 aromatic heterocycles. The maximum absolute atomic E-state index is 12.3. The standard InChI is InChI=1S/C19H21N3O3S/c1-3-16(14-10-8-13(2)9-11-14)21-18(23)12-20-19-15-6-4-5-7-17(15)26(24,25)22-19/h4-11,16H,3,12H2,1-2H3,(H,20,22)(H,21,23). The number of hydrogen-bond acceptors (Lipinski definition) is 4. The molecule has 2 aromatic carbocycles. The smallest absolute Gasteiger partial charge is 0.263 e. The lowest BCUT2D eigenvalue weighted by Crippen LogP contribution is -2.31. The number of fused-ring (bicyclic) bond motifs is 1. The number of aryl methyl sites for hydroxylation is 1. The van der Waals surface area contributed by atoms with Crippen LogP contribution in [0.1, 0.15) is 36.1 Å². The minimum absolute atomic E-state index is 0.101. The molecule has 1 aliphatic rings. The first kappa shape index (κ1) is 18.1. The number of hydrogen-bond donors (Lipinski definition) is 2. The molecule has 0 saturated heterocycles. The molecule has 1 aliphatic heterocycles. The molecular weight excluding hydrogens is 350 g/mol. The van der Waals surface area contributed by atoms with Gasteiger partial charge in [-0.25, -0.2) is 8.42 Å². The van der Waals surface area contributed by atoms with Gasteiger partial charge in [0.2, 0.25) is 5.91 Å². The highest BCUT2D eigenvalue weighted by Crippen LogP contribution is 2.22. The van der Waals surface area contributed by atoms with Crippen molar-refractivity contribution in [3.05, 3.63) is 65.2 Å². The van der Waals surface area contributed by atoms with Gasteiger partial charge < -0.3 is 5.32 Å². The van der Waals surface area contributed by atoms with Gasteiger partial charge in [0.1, 0.15) is 12.4 Å². The van der Waals surface area contributed by atoms with Crippen LogP contribution in [-0.2, 0) is 14.8 Å². The quantitative estimate of drug-likeness (QED) is 0.845. The molecule has 7 heteroatoms.